The van der Waals surface area contributed by atoms with Crippen LogP contribution in [0.15, 0.2) is 34.5 Å². The van der Waals surface area contributed by atoms with Gasteiger partial charge < -0.3 is 20.2 Å². The van der Waals surface area contributed by atoms with Crippen LogP contribution in [0.2, 0.25) is 0 Å². The number of nitrogens with one attached hydrogen (secondary N) is 1. The fourth-order valence-electron chi connectivity index (χ4n) is 2.61. The zero-order valence-corrected chi connectivity index (χ0v) is 12.3. The predicted octanol–water partition coefficient (Wildman–Crippen LogP) is 3.37. The number of rotatable bonds is 6. The highest BCUT2D eigenvalue weighted by Gasteiger charge is 2.17. The van der Waals surface area contributed by atoms with E-state index in [0.29, 0.717) is 35.3 Å². The molecule has 1 heterocycles. The number of benzene rings is 1. The average Bonchev–Trinajstić information content (AvgIpc) is 3.17. The van der Waals surface area contributed by atoms with E-state index in [1.807, 2.05) is 6.07 Å². The fourth-order valence-corrected chi connectivity index (χ4v) is 2.61. The van der Waals surface area contributed by atoms with Crippen LogP contribution in [-0.2, 0) is 0 Å². The number of aromatic nitrogens is 1. The molecular weight excluding hydrogens is 285 g/mol. The molecule has 118 valence electrons. The number of halogens is 1. The average molecular weight is 305 g/mol. The second kappa shape index (κ2) is 6.79. The van der Waals surface area contributed by atoms with Crippen LogP contribution in [0.3, 0.4) is 0 Å². The van der Waals surface area contributed by atoms with E-state index in [9.17, 15) is 4.39 Å². The first-order valence-corrected chi connectivity index (χ1v) is 7.56. The van der Waals surface area contributed by atoms with Crippen molar-refractivity contribution in [1.29, 1.82) is 0 Å². The molecule has 2 aromatic rings. The number of anilines is 1. The van der Waals surface area contributed by atoms with Crippen molar-refractivity contribution >= 4 is 17.1 Å². The molecule has 0 saturated heterocycles. The first-order valence-electron chi connectivity index (χ1n) is 7.56. The molecule has 1 saturated carbocycles. The normalized spacial score (nSPS) is 16.4. The number of nitrogens with two attached hydrogens (primary N) is 1. The smallest absolute Gasteiger partial charge is 0.295 e. The van der Waals surface area contributed by atoms with Gasteiger partial charge in [-0.25, -0.2) is 4.39 Å². The quantitative estimate of drug-likeness (QED) is 0.856. The van der Waals surface area contributed by atoms with Gasteiger partial charge in [0.05, 0.1) is 6.33 Å². The van der Waals surface area contributed by atoms with Gasteiger partial charge in [0.15, 0.2) is 5.58 Å². The topological polar surface area (TPSA) is 73.3 Å². The monoisotopic (exact) mass is 305 g/mol. The van der Waals surface area contributed by atoms with Crippen molar-refractivity contribution in [2.75, 3.05) is 18.5 Å². The van der Waals surface area contributed by atoms with E-state index in [2.05, 4.69) is 10.3 Å². The van der Waals surface area contributed by atoms with E-state index in [1.165, 1.54) is 12.8 Å². The van der Waals surface area contributed by atoms with Gasteiger partial charge in [-0.1, -0.05) is 12.8 Å². The number of fused-ring (bicyclic) bond motifs is 1. The van der Waals surface area contributed by atoms with Gasteiger partial charge >= 0.3 is 0 Å². The summed E-state index contributed by atoms with van der Waals surface area (Å²) in [6, 6.07) is 6.37. The van der Waals surface area contributed by atoms with Crippen molar-refractivity contribution in [3.8, 4) is 5.75 Å². The summed E-state index contributed by atoms with van der Waals surface area (Å²) in [5.41, 5.74) is 7.22. The molecule has 0 bridgehead atoms. The summed E-state index contributed by atoms with van der Waals surface area (Å²) in [4.78, 5) is 4.42. The molecule has 22 heavy (non-hydrogen) atoms. The van der Waals surface area contributed by atoms with Crippen molar-refractivity contribution in [1.82, 2.24) is 4.98 Å². The molecule has 0 radical (unpaired) electrons. The van der Waals surface area contributed by atoms with E-state index < -0.39 is 0 Å². The SMILES string of the molecule is NC/C(=C\F)COc1ccc2nc(NC3CCCC3)oc2c1. The van der Waals surface area contributed by atoms with Gasteiger partial charge in [0.25, 0.3) is 6.01 Å². The lowest BCUT2D eigenvalue weighted by atomic mass is 10.3. The largest absolute Gasteiger partial charge is 0.489 e. The summed E-state index contributed by atoms with van der Waals surface area (Å²) in [5.74, 6) is 0.601. The molecule has 3 rings (SSSR count). The lowest BCUT2D eigenvalue weighted by molar-refractivity contribution is 0.347. The van der Waals surface area contributed by atoms with Crippen molar-refractivity contribution in [2.45, 2.75) is 31.7 Å². The number of ether oxygens (including phenoxy) is 1. The highest BCUT2D eigenvalue weighted by atomic mass is 19.1. The second-order valence-corrected chi connectivity index (χ2v) is 5.53. The van der Waals surface area contributed by atoms with E-state index in [1.54, 1.807) is 12.1 Å². The van der Waals surface area contributed by atoms with Gasteiger partial charge in [-0.2, -0.15) is 4.98 Å². The van der Waals surface area contributed by atoms with E-state index in [-0.39, 0.29) is 13.2 Å². The van der Waals surface area contributed by atoms with Crippen LogP contribution in [-0.4, -0.2) is 24.2 Å². The third-order valence-electron chi connectivity index (χ3n) is 3.88. The van der Waals surface area contributed by atoms with Crippen LogP contribution in [0, 0.1) is 0 Å². The third kappa shape index (κ3) is 3.39. The molecule has 6 heteroatoms. The number of hydrogen-bond donors (Lipinski definition) is 2. The van der Waals surface area contributed by atoms with Gasteiger partial charge in [0, 0.05) is 24.2 Å². The minimum atomic E-state index is 0.125. The molecule has 0 atom stereocenters. The Morgan fingerprint density at radius 2 is 2.27 bits per heavy atom. The Balaban J connectivity index is 1.69. The second-order valence-electron chi connectivity index (χ2n) is 5.53. The molecule has 5 nitrogen and oxygen atoms in total. The fraction of sp³-hybridized carbons (Fsp3) is 0.438. The van der Waals surface area contributed by atoms with Crippen molar-refractivity contribution in [2.24, 2.45) is 5.73 Å². The maximum absolute atomic E-state index is 12.5. The molecule has 0 spiro atoms. The lowest BCUT2D eigenvalue weighted by Gasteiger charge is -2.08. The number of nitrogens with zero attached hydrogens (tertiary/aromatic N) is 1. The summed E-state index contributed by atoms with van der Waals surface area (Å²) in [7, 11) is 0. The third-order valence-corrected chi connectivity index (χ3v) is 3.88. The zero-order chi connectivity index (χ0) is 15.4. The van der Waals surface area contributed by atoms with Crippen LogP contribution in [0.1, 0.15) is 25.7 Å². The van der Waals surface area contributed by atoms with Gasteiger partial charge in [-0.05, 0) is 25.0 Å². The standard InChI is InChI=1S/C16H20FN3O2/c17-8-11(9-18)10-21-13-5-6-14-15(7-13)22-16(20-14)19-12-3-1-2-4-12/h5-8,12H,1-4,9-10,18H2,(H,19,20)/b11-8+. The van der Waals surface area contributed by atoms with Crippen LogP contribution < -0.4 is 15.8 Å². The molecular formula is C16H20FN3O2. The first-order chi connectivity index (χ1) is 10.8. The van der Waals surface area contributed by atoms with Crippen LogP contribution in [0.4, 0.5) is 10.4 Å². The number of hydrogen-bond acceptors (Lipinski definition) is 5. The molecule has 1 aromatic carbocycles. The molecule has 0 unspecified atom stereocenters. The van der Waals surface area contributed by atoms with Crippen LogP contribution in [0.5, 0.6) is 5.75 Å². The highest BCUT2D eigenvalue weighted by molar-refractivity contribution is 5.76. The number of oxazole rings is 1. The van der Waals surface area contributed by atoms with Gasteiger partial charge in [-0.15, -0.1) is 0 Å². The summed E-state index contributed by atoms with van der Waals surface area (Å²) >= 11 is 0. The van der Waals surface area contributed by atoms with E-state index in [0.717, 1.165) is 18.4 Å². The van der Waals surface area contributed by atoms with Gasteiger partial charge in [-0.3, -0.25) is 0 Å². The Kier molecular flexibility index (Phi) is 4.58. The Morgan fingerprint density at radius 1 is 1.45 bits per heavy atom. The van der Waals surface area contributed by atoms with E-state index >= 15 is 0 Å². The highest BCUT2D eigenvalue weighted by Crippen LogP contribution is 2.27. The summed E-state index contributed by atoms with van der Waals surface area (Å²) in [6.45, 7) is 0.260. The minimum Gasteiger partial charge on any atom is -0.489 e. The van der Waals surface area contributed by atoms with Crippen LogP contribution >= 0.6 is 0 Å². The Bertz CT molecular complexity index is 662. The van der Waals surface area contributed by atoms with Gasteiger partial charge in [0.1, 0.15) is 17.9 Å². The molecule has 3 N–H and O–H groups in total. The molecule has 1 aromatic heterocycles. The van der Waals surface area contributed by atoms with Crippen LogP contribution in [0.25, 0.3) is 11.1 Å². The lowest BCUT2D eigenvalue weighted by Crippen LogP contribution is -2.14. The van der Waals surface area contributed by atoms with Crippen molar-refractivity contribution in [3.05, 3.63) is 30.1 Å². The van der Waals surface area contributed by atoms with Gasteiger partial charge in [0.2, 0.25) is 0 Å². The Morgan fingerprint density at radius 3 is 3.00 bits per heavy atom. The minimum absolute atomic E-state index is 0.125. The Labute approximate surface area is 128 Å². The van der Waals surface area contributed by atoms with E-state index in [4.69, 9.17) is 14.9 Å². The van der Waals surface area contributed by atoms with Crippen molar-refractivity contribution < 1.29 is 13.5 Å². The molecule has 1 aliphatic rings. The predicted molar refractivity (Wildman–Crippen MR) is 83.6 cm³/mol. The zero-order valence-electron chi connectivity index (χ0n) is 12.3. The molecule has 0 aliphatic heterocycles. The summed E-state index contributed by atoms with van der Waals surface area (Å²) in [6.07, 6.45) is 5.30. The summed E-state index contributed by atoms with van der Waals surface area (Å²) in [5, 5.41) is 3.32. The summed E-state index contributed by atoms with van der Waals surface area (Å²) < 4.78 is 23.7. The Hall–Kier alpha value is -2.08. The maximum atomic E-state index is 12.5. The molecule has 1 fully saturated rings. The first kappa shape index (κ1) is 14.8. The maximum Gasteiger partial charge on any atom is 0.295 e. The van der Waals surface area contributed by atoms with Crippen molar-refractivity contribution in [3.63, 3.8) is 0 Å². The molecule has 1 aliphatic carbocycles. The molecule has 0 amide bonds.